The van der Waals surface area contributed by atoms with Gasteiger partial charge < -0.3 is 21.0 Å². The number of nitrogens with two attached hydrogens (primary N) is 1. The minimum absolute atomic E-state index is 0.0217. The molecule has 2 aromatic heterocycles. The third-order valence-corrected chi connectivity index (χ3v) is 8.47. The summed E-state index contributed by atoms with van der Waals surface area (Å²) >= 11 is 0. The van der Waals surface area contributed by atoms with Crippen molar-refractivity contribution in [3.63, 3.8) is 0 Å². The average Bonchev–Trinajstić information content (AvgIpc) is 3.70. The van der Waals surface area contributed by atoms with Crippen molar-refractivity contribution in [1.82, 2.24) is 25.3 Å². The summed E-state index contributed by atoms with van der Waals surface area (Å²) in [6.07, 6.45) is 8.08. The van der Waals surface area contributed by atoms with Crippen molar-refractivity contribution in [2.75, 3.05) is 0 Å². The van der Waals surface area contributed by atoms with Gasteiger partial charge in [0, 0.05) is 22.6 Å². The number of rotatable bonds is 5. The third-order valence-electron chi connectivity index (χ3n) is 8.47. The Morgan fingerprint density at radius 3 is 2.61 bits per heavy atom. The van der Waals surface area contributed by atoms with E-state index in [1.165, 1.54) is 25.7 Å². The van der Waals surface area contributed by atoms with E-state index in [0.29, 0.717) is 12.1 Å². The molecule has 2 aliphatic carbocycles. The van der Waals surface area contributed by atoms with Crippen molar-refractivity contribution in [2.24, 2.45) is 17.6 Å². The molecular weight excluding hydrogens is 468 g/mol. The van der Waals surface area contributed by atoms with Gasteiger partial charge in [-0.3, -0.25) is 0 Å². The van der Waals surface area contributed by atoms with E-state index in [0.717, 1.165) is 74.1 Å². The second-order valence-electron chi connectivity index (χ2n) is 11.4. The number of piperidine rings is 1. The Hall–Kier alpha value is -3.92. The van der Waals surface area contributed by atoms with Crippen LogP contribution in [-0.4, -0.2) is 26.0 Å². The molecule has 4 atom stereocenters. The number of hydrogen-bond donors (Lipinski definition) is 4. The van der Waals surface area contributed by atoms with Gasteiger partial charge in [-0.2, -0.15) is 0 Å². The Labute approximate surface area is 221 Å². The molecule has 188 valence electrons. The number of aromatic nitrogens is 4. The van der Waals surface area contributed by atoms with E-state index in [9.17, 15) is 0 Å². The fourth-order valence-corrected chi connectivity index (χ4v) is 5.97. The van der Waals surface area contributed by atoms with E-state index in [1.807, 2.05) is 6.20 Å². The molecule has 8 rings (SSSR count). The van der Waals surface area contributed by atoms with Crippen LogP contribution >= 0.6 is 0 Å². The van der Waals surface area contributed by atoms with Crippen LogP contribution < -0.4 is 11.1 Å². The summed E-state index contributed by atoms with van der Waals surface area (Å²) in [7, 11) is 0. The van der Waals surface area contributed by atoms with Gasteiger partial charge in [0.25, 0.3) is 0 Å². The van der Waals surface area contributed by atoms with Crippen LogP contribution in [0, 0.1) is 23.7 Å². The van der Waals surface area contributed by atoms with Crippen LogP contribution in [0.3, 0.4) is 0 Å². The maximum absolute atomic E-state index is 6.42. The first kappa shape index (κ1) is 22.1. The standard InChI is InChI=1S/C32H30N6/c33-25(14-20-3-4-20)31-36-26-12-10-22-13-19(7-11-24(22)30(26)38-31)2-1-18-5-8-21(9-6-18)29-17-34-32(37-29)28-16-23-15-27(23)35-28/h5-13,17,20,23,25,27-28,35H,3-4,14-16,33H2,(H,34,37)(H,36,38)/t23?,25-,27?,28-/m0/s1. The minimum Gasteiger partial charge on any atom is -0.341 e. The van der Waals surface area contributed by atoms with Gasteiger partial charge in [0.05, 0.1) is 35.0 Å². The van der Waals surface area contributed by atoms with Gasteiger partial charge in [-0.1, -0.05) is 48.9 Å². The normalized spacial score (nSPS) is 22.8. The van der Waals surface area contributed by atoms with Crippen molar-refractivity contribution in [2.45, 2.75) is 50.2 Å². The molecule has 0 radical (unpaired) electrons. The molecule has 1 saturated heterocycles. The lowest BCUT2D eigenvalue weighted by atomic mass is 10.1. The Morgan fingerprint density at radius 1 is 0.947 bits per heavy atom. The maximum Gasteiger partial charge on any atom is 0.124 e. The molecule has 0 spiro atoms. The molecule has 3 aliphatic rings. The van der Waals surface area contributed by atoms with E-state index in [2.05, 4.69) is 86.7 Å². The van der Waals surface area contributed by atoms with Crippen LogP contribution in [0.15, 0.2) is 60.8 Å². The van der Waals surface area contributed by atoms with Gasteiger partial charge in [0.2, 0.25) is 0 Å². The van der Waals surface area contributed by atoms with E-state index in [-0.39, 0.29) is 6.04 Å². The Bertz CT molecular complexity index is 1720. The highest BCUT2D eigenvalue weighted by Crippen LogP contribution is 2.45. The van der Waals surface area contributed by atoms with Gasteiger partial charge >= 0.3 is 0 Å². The maximum atomic E-state index is 6.42. The van der Waals surface area contributed by atoms with Gasteiger partial charge in [-0.25, -0.2) is 9.97 Å². The van der Waals surface area contributed by atoms with Crippen molar-refractivity contribution in [3.05, 3.63) is 83.6 Å². The van der Waals surface area contributed by atoms with Crippen molar-refractivity contribution in [1.29, 1.82) is 0 Å². The molecule has 5 aromatic rings. The lowest BCUT2D eigenvalue weighted by molar-refractivity contribution is 0.543. The van der Waals surface area contributed by atoms with E-state index in [4.69, 9.17) is 10.7 Å². The summed E-state index contributed by atoms with van der Waals surface area (Å²) in [5.41, 5.74) is 12.6. The Morgan fingerprint density at radius 2 is 1.79 bits per heavy atom. The van der Waals surface area contributed by atoms with Gasteiger partial charge in [0.1, 0.15) is 11.6 Å². The highest BCUT2D eigenvalue weighted by atomic mass is 15.1. The van der Waals surface area contributed by atoms with Crippen molar-refractivity contribution < 1.29 is 0 Å². The van der Waals surface area contributed by atoms with Crippen LogP contribution in [0.5, 0.6) is 0 Å². The number of nitrogens with zero attached hydrogens (tertiary/aromatic N) is 2. The van der Waals surface area contributed by atoms with Gasteiger partial charge in [0.15, 0.2) is 0 Å². The lowest BCUT2D eigenvalue weighted by Gasteiger charge is -2.09. The van der Waals surface area contributed by atoms with Crippen LogP contribution in [-0.2, 0) is 0 Å². The average molecular weight is 499 g/mol. The number of fused-ring (bicyclic) bond motifs is 4. The highest BCUT2D eigenvalue weighted by Gasteiger charge is 2.46. The SMILES string of the molecule is N[C@@H](CC1CC1)c1nc2c(ccc3cc(C#Cc4ccc(-c5cnc([C@@H]6CC7CC7N6)[nH]5)cc4)ccc32)[nH]1. The van der Waals surface area contributed by atoms with Crippen LogP contribution in [0.25, 0.3) is 33.1 Å². The number of hydrogen-bond acceptors (Lipinski definition) is 4. The molecule has 2 saturated carbocycles. The predicted molar refractivity (Wildman–Crippen MR) is 150 cm³/mol. The predicted octanol–water partition coefficient (Wildman–Crippen LogP) is 5.73. The van der Waals surface area contributed by atoms with Crippen LogP contribution in [0.4, 0.5) is 0 Å². The number of aromatic amines is 2. The summed E-state index contributed by atoms with van der Waals surface area (Å²) in [6, 6.07) is 20.0. The number of nitrogens with one attached hydrogen (secondary N) is 3. The quantitative estimate of drug-likeness (QED) is 0.233. The summed E-state index contributed by atoms with van der Waals surface area (Å²) in [4.78, 5) is 16.5. The first-order chi connectivity index (χ1) is 18.7. The number of H-pyrrole nitrogens is 2. The molecule has 6 nitrogen and oxygen atoms in total. The molecular formula is C32H30N6. The molecule has 38 heavy (non-hydrogen) atoms. The second kappa shape index (κ2) is 8.56. The largest absolute Gasteiger partial charge is 0.341 e. The van der Waals surface area contributed by atoms with Crippen LogP contribution in [0.1, 0.15) is 67.0 Å². The number of imidazole rings is 2. The van der Waals surface area contributed by atoms with Crippen LogP contribution in [0.2, 0.25) is 0 Å². The zero-order valence-corrected chi connectivity index (χ0v) is 21.2. The van der Waals surface area contributed by atoms with Crippen molar-refractivity contribution in [3.8, 4) is 23.1 Å². The van der Waals surface area contributed by atoms with Gasteiger partial charge in [-0.05, 0) is 72.4 Å². The topological polar surface area (TPSA) is 95.4 Å². The smallest absolute Gasteiger partial charge is 0.124 e. The molecule has 3 aromatic carbocycles. The zero-order chi connectivity index (χ0) is 25.2. The molecule has 6 heteroatoms. The Kier molecular flexibility index (Phi) is 4.98. The number of benzene rings is 3. The zero-order valence-electron chi connectivity index (χ0n) is 21.2. The summed E-state index contributed by atoms with van der Waals surface area (Å²) in [5.74, 6) is 10.2. The second-order valence-corrected chi connectivity index (χ2v) is 11.4. The van der Waals surface area contributed by atoms with E-state index >= 15 is 0 Å². The summed E-state index contributed by atoms with van der Waals surface area (Å²) < 4.78 is 0. The van der Waals surface area contributed by atoms with E-state index in [1.54, 1.807) is 0 Å². The Balaban J connectivity index is 1.00. The van der Waals surface area contributed by atoms with Crippen molar-refractivity contribution >= 4 is 21.8 Å². The lowest BCUT2D eigenvalue weighted by Crippen LogP contribution is -2.18. The van der Waals surface area contributed by atoms with E-state index < -0.39 is 0 Å². The molecule has 5 N–H and O–H groups in total. The summed E-state index contributed by atoms with van der Waals surface area (Å²) in [5, 5.41) is 5.93. The molecule has 3 heterocycles. The molecule has 0 bridgehead atoms. The molecule has 2 unspecified atom stereocenters. The highest BCUT2D eigenvalue weighted by molar-refractivity contribution is 6.04. The molecule has 0 amide bonds. The fourth-order valence-electron chi connectivity index (χ4n) is 5.97. The summed E-state index contributed by atoms with van der Waals surface area (Å²) in [6.45, 7) is 0. The first-order valence-electron chi connectivity index (χ1n) is 13.8. The first-order valence-corrected chi connectivity index (χ1v) is 13.8. The fraction of sp³-hybridized carbons (Fsp3) is 0.312. The molecule has 1 aliphatic heterocycles. The van der Waals surface area contributed by atoms with Gasteiger partial charge in [-0.15, -0.1) is 0 Å². The third kappa shape index (κ3) is 4.09. The minimum atomic E-state index is -0.0217. The molecule has 3 fully saturated rings. The monoisotopic (exact) mass is 498 g/mol.